The first-order valence-electron chi connectivity index (χ1n) is 5.97. The van der Waals surface area contributed by atoms with Crippen molar-refractivity contribution in [3.8, 4) is 0 Å². The Bertz CT molecular complexity index is 517. The Morgan fingerprint density at radius 2 is 2.06 bits per heavy atom. The third-order valence-electron chi connectivity index (χ3n) is 3.19. The Balaban J connectivity index is 1.86. The Morgan fingerprint density at radius 1 is 1.24 bits per heavy atom. The maximum Gasteiger partial charge on any atom is 0.0466 e. The fourth-order valence-electron chi connectivity index (χ4n) is 2.26. The Hall–Kier alpha value is -0.450. The van der Waals surface area contributed by atoms with Crippen molar-refractivity contribution < 1.29 is 0 Å². The Kier molecular flexibility index (Phi) is 3.45. The largest absolute Gasteiger partial charge is 0.360 e. The Labute approximate surface area is 114 Å². The molecule has 2 N–H and O–H groups in total. The first-order chi connectivity index (χ1) is 8.33. The molecule has 17 heavy (non-hydrogen) atoms. The van der Waals surface area contributed by atoms with Crippen LogP contribution in [-0.4, -0.2) is 23.3 Å². The lowest BCUT2D eigenvalue weighted by molar-refractivity contribution is 0.531. The van der Waals surface area contributed by atoms with E-state index in [4.69, 9.17) is 0 Å². The highest BCUT2D eigenvalue weighted by molar-refractivity contribution is 9.10. The average molecular weight is 311 g/mol. The third kappa shape index (κ3) is 2.54. The smallest absolute Gasteiger partial charge is 0.0466 e. The van der Waals surface area contributed by atoms with Crippen LogP contribution in [0.15, 0.2) is 33.8 Å². The number of halogens is 1. The highest BCUT2D eigenvalue weighted by atomic mass is 79.9. The summed E-state index contributed by atoms with van der Waals surface area (Å²) in [6.07, 6.45) is 4.68. The van der Waals surface area contributed by atoms with Crippen molar-refractivity contribution in [3.63, 3.8) is 0 Å². The predicted molar refractivity (Wildman–Crippen MR) is 77.7 cm³/mol. The van der Waals surface area contributed by atoms with Gasteiger partial charge in [-0.25, -0.2) is 0 Å². The van der Waals surface area contributed by atoms with E-state index >= 15 is 0 Å². The van der Waals surface area contributed by atoms with Gasteiger partial charge < -0.3 is 10.3 Å². The van der Waals surface area contributed by atoms with Gasteiger partial charge in [-0.05, 0) is 44.1 Å². The quantitative estimate of drug-likeness (QED) is 0.883. The zero-order valence-corrected chi connectivity index (χ0v) is 11.9. The summed E-state index contributed by atoms with van der Waals surface area (Å²) in [5, 5.41) is 5.51. The van der Waals surface area contributed by atoms with Gasteiger partial charge in [0.25, 0.3) is 0 Å². The zero-order chi connectivity index (χ0) is 11.7. The molecule has 1 aromatic heterocycles. The van der Waals surface area contributed by atoms with Gasteiger partial charge in [0.2, 0.25) is 0 Å². The van der Waals surface area contributed by atoms with Gasteiger partial charge in [0, 0.05) is 31.7 Å². The summed E-state index contributed by atoms with van der Waals surface area (Å²) in [5.41, 5.74) is 1.23. The zero-order valence-electron chi connectivity index (χ0n) is 9.50. The molecule has 2 nitrogen and oxygen atoms in total. The molecular weight excluding hydrogens is 296 g/mol. The summed E-state index contributed by atoms with van der Waals surface area (Å²) in [6, 6.07) is 6.42. The number of aromatic nitrogens is 1. The molecule has 1 saturated heterocycles. The number of benzene rings is 1. The van der Waals surface area contributed by atoms with Gasteiger partial charge in [0.1, 0.15) is 0 Å². The Morgan fingerprint density at radius 3 is 2.88 bits per heavy atom. The minimum Gasteiger partial charge on any atom is -0.360 e. The number of hydrogen-bond donors (Lipinski definition) is 2. The van der Waals surface area contributed by atoms with Crippen molar-refractivity contribution in [1.82, 2.24) is 10.3 Å². The van der Waals surface area contributed by atoms with Gasteiger partial charge in [0.05, 0.1) is 0 Å². The molecule has 0 unspecified atom stereocenters. The molecule has 2 heterocycles. The van der Waals surface area contributed by atoms with E-state index in [0.29, 0.717) is 0 Å². The SMILES string of the molecule is Brc1ccc2[nH]cc(SC3CCNCC3)c2c1. The molecule has 0 bridgehead atoms. The van der Waals surface area contributed by atoms with E-state index in [-0.39, 0.29) is 0 Å². The van der Waals surface area contributed by atoms with Crippen molar-refractivity contribution in [1.29, 1.82) is 0 Å². The van der Waals surface area contributed by atoms with E-state index in [2.05, 4.69) is 50.6 Å². The average Bonchev–Trinajstić information content (AvgIpc) is 2.73. The van der Waals surface area contributed by atoms with Gasteiger partial charge in [0.15, 0.2) is 0 Å². The van der Waals surface area contributed by atoms with E-state index in [9.17, 15) is 0 Å². The molecular formula is C13H15BrN2S. The summed E-state index contributed by atoms with van der Waals surface area (Å²) in [7, 11) is 0. The van der Waals surface area contributed by atoms with Crippen molar-refractivity contribution in [2.24, 2.45) is 0 Å². The number of thioether (sulfide) groups is 1. The first-order valence-corrected chi connectivity index (χ1v) is 7.64. The van der Waals surface area contributed by atoms with E-state index in [1.54, 1.807) is 0 Å². The molecule has 1 aromatic carbocycles. The second-order valence-electron chi connectivity index (χ2n) is 4.41. The topological polar surface area (TPSA) is 27.8 Å². The van der Waals surface area contributed by atoms with Crippen LogP contribution in [0, 0.1) is 0 Å². The lowest BCUT2D eigenvalue weighted by Gasteiger charge is -2.21. The number of aromatic amines is 1. The maximum atomic E-state index is 3.54. The second kappa shape index (κ2) is 5.04. The molecule has 2 aromatic rings. The van der Waals surface area contributed by atoms with Gasteiger partial charge >= 0.3 is 0 Å². The minimum absolute atomic E-state index is 0.759. The number of piperidine rings is 1. The number of rotatable bonds is 2. The summed E-state index contributed by atoms with van der Waals surface area (Å²) >= 11 is 5.56. The van der Waals surface area contributed by atoms with Crippen molar-refractivity contribution in [2.75, 3.05) is 13.1 Å². The van der Waals surface area contributed by atoms with E-state index < -0.39 is 0 Å². The number of fused-ring (bicyclic) bond motifs is 1. The molecule has 3 rings (SSSR count). The molecule has 0 aliphatic carbocycles. The number of hydrogen-bond acceptors (Lipinski definition) is 2. The van der Waals surface area contributed by atoms with Crippen LogP contribution in [0.1, 0.15) is 12.8 Å². The van der Waals surface area contributed by atoms with Crippen LogP contribution in [0.3, 0.4) is 0 Å². The molecule has 0 radical (unpaired) electrons. The second-order valence-corrected chi connectivity index (χ2v) is 6.67. The molecule has 0 spiro atoms. The molecule has 4 heteroatoms. The highest BCUT2D eigenvalue weighted by Gasteiger charge is 2.16. The van der Waals surface area contributed by atoms with E-state index in [0.717, 1.165) is 22.8 Å². The van der Waals surface area contributed by atoms with Crippen molar-refractivity contribution in [3.05, 3.63) is 28.9 Å². The molecule has 1 fully saturated rings. The summed E-state index contributed by atoms with van der Waals surface area (Å²) in [6.45, 7) is 2.31. The van der Waals surface area contributed by atoms with E-state index in [1.807, 2.05) is 11.8 Å². The molecule has 0 saturated carbocycles. The molecule has 1 aliphatic heterocycles. The van der Waals surface area contributed by atoms with Crippen LogP contribution in [0.25, 0.3) is 10.9 Å². The van der Waals surface area contributed by atoms with E-state index in [1.165, 1.54) is 28.6 Å². The third-order valence-corrected chi connectivity index (χ3v) is 5.08. The maximum absolute atomic E-state index is 3.54. The van der Waals surface area contributed by atoms with Gasteiger partial charge in [-0.15, -0.1) is 11.8 Å². The van der Waals surface area contributed by atoms with Crippen LogP contribution < -0.4 is 5.32 Å². The number of H-pyrrole nitrogens is 1. The highest BCUT2D eigenvalue weighted by Crippen LogP contribution is 2.35. The van der Waals surface area contributed by atoms with Crippen molar-refractivity contribution >= 4 is 38.6 Å². The molecule has 90 valence electrons. The van der Waals surface area contributed by atoms with Crippen LogP contribution in [0.4, 0.5) is 0 Å². The van der Waals surface area contributed by atoms with Crippen LogP contribution in [-0.2, 0) is 0 Å². The summed E-state index contributed by atoms with van der Waals surface area (Å²) in [4.78, 5) is 4.73. The minimum atomic E-state index is 0.759. The van der Waals surface area contributed by atoms with Crippen LogP contribution in [0.2, 0.25) is 0 Å². The summed E-state index contributed by atoms with van der Waals surface area (Å²) in [5.74, 6) is 0. The first kappa shape index (κ1) is 11.6. The van der Waals surface area contributed by atoms with Gasteiger partial charge in [-0.2, -0.15) is 0 Å². The van der Waals surface area contributed by atoms with Crippen molar-refractivity contribution in [2.45, 2.75) is 23.0 Å². The van der Waals surface area contributed by atoms with Crippen LogP contribution >= 0.6 is 27.7 Å². The standard InChI is InChI=1S/C13H15BrN2S/c14-9-1-2-12-11(7-9)13(8-16-12)17-10-3-5-15-6-4-10/h1-2,7-8,10,15-16H,3-6H2. The predicted octanol–water partition coefficient (Wildman–Crippen LogP) is 3.77. The molecule has 0 amide bonds. The number of nitrogens with one attached hydrogen (secondary N) is 2. The molecule has 1 aliphatic rings. The fraction of sp³-hybridized carbons (Fsp3) is 0.385. The monoisotopic (exact) mass is 310 g/mol. The lowest BCUT2D eigenvalue weighted by Crippen LogP contribution is -2.29. The lowest BCUT2D eigenvalue weighted by atomic mass is 10.2. The normalized spacial score (nSPS) is 17.7. The molecule has 0 atom stereocenters. The van der Waals surface area contributed by atoms with Crippen LogP contribution in [0.5, 0.6) is 0 Å². The van der Waals surface area contributed by atoms with Gasteiger partial charge in [-0.1, -0.05) is 15.9 Å². The van der Waals surface area contributed by atoms with Gasteiger partial charge in [-0.3, -0.25) is 0 Å². The summed E-state index contributed by atoms with van der Waals surface area (Å²) < 4.78 is 1.15. The fourth-order valence-corrected chi connectivity index (χ4v) is 3.87.